The Morgan fingerprint density at radius 3 is 2.72 bits per heavy atom. The van der Waals surface area contributed by atoms with Crippen LogP contribution in [-0.4, -0.2) is 21.5 Å². The van der Waals surface area contributed by atoms with Gasteiger partial charge >= 0.3 is 0 Å². The largest absolute Gasteiger partial charge is 0.370 e. The maximum Gasteiger partial charge on any atom is 0.135 e. The Kier molecular flexibility index (Phi) is 3.87. The van der Waals surface area contributed by atoms with Crippen molar-refractivity contribution in [1.82, 2.24) is 15.0 Å². The molecule has 0 saturated carbocycles. The lowest BCUT2D eigenvalue weighted by molar-refractivity contribution is 0.919. The highest BCUT2D eigenvalue weighted by atomic mass is 15.0. The van der Waals surface area contributed by atoms with E-state index in [1.807, 2.05) is 32.2 Å². The molecule has 2 heterocycles. The monoisotopic (exact) mass is 242 g/mol. The van der Waals surface area contributed by atoms with E-state index in [0.717, 1.165) is 35.0 Å². The number of aryl methyl sites for hydroxylation is 1. The fraction of sp³-hybridized carbons (Fsp3) is 0.357. The van der Waals surface area contributed by atoms with Crippen LogP contribution in [-0.2, 0) is 6.42 Å². The minimum absolute atomic E-state index is 0.716. The smallest absolute Gasteiger partial charge is 0.135 e. The van der Waals surface area contributed by atoms with Crippen molar-refractivity contribution in [3.05, 3.63) is 47.2 Å². The van der Waals surface area contributed by atoms with E-state index in [0.29, 0.717) is 6.42 Å². The number of hydrogen-bond donors (Lipinski definition) is 1. The van der Waals surface area contributed by atoms with Gasteiger partial charge in [0.25, 0.3) is 0 Å². The number of aromatic nitrogens is 3. The van der Waals surface area contributed by atoms with Gasteiger partial charge in [0.1, 0.15) is 11.6 Å². The Balaban J connectivity index is 2.28. The summed E-state index contributed by atoms with van der Waals surface area (Å²) in [6, 6.07) is 3.97. The second-order valence-corrected chi connectivity index (χ2v) is 4.27. The molecule has 94 valence electrons. The average molecular weight is 242 g/mol. The van der Waals surface area contributed by atoms with Gasteiger partial charge in [0.05, 0.1) is 0 Å². The summed E-state index contributed by atoms with van der Waals surface area (Å²) in [6.45, 7) is 6.99. The molecule has 2 rings (SSSR count). The van der Waals surface area contributed by atoms with E-state index in [1.54, 1.807) is 6.20 Å². The SMILES string of the molecule is CCNc1nc(Cc2cccnc2)nc(C)c1C. The second kappa shape index (κ2) is 5.58. The standard InChI is InChI=1S/C14H18N4/c1-4-16-14-10(2)11(3)17-13(18-14)8-12-6-5-7-15-9-12/h5-7,9H,4,8H2,1-3H3,(H,16,17,18). The first-order valence-electron chi connectivity index (χ1n) is 6.17. The summed E-state index contributed by atoms with van der Waals surface area (Å²) in [6.07, 6.45) is 4.34. The average Bonchev–Trinajstić information content (AvgIpc) is 2.37. The highest BCUT2D eigenvalue weighted by Crippen LogP contribution is 2.16. The van der Waals surface area contributed by atoms with Crippen LogP contribution in [0.15, 0.2) is 24.5 Å². The lowest BCUT2D eigenvalue weighted by Crippen LogP contribution is -2.08. The molecule has 0 aliphatic carbocycles. The molecule has 0 radical (unpaired) electrons. The Bertz CT molecular complexity index is 523. The van der Waals surface area contributed by atoms with Crippen LogP contribution in [0.2, 0.25) is 0 Å². The summed E-state index contributed by atoms with van der Waals surface area (Å²) < 4.78 is 0. The van der Waals surface area contributed by atoms with Crippen molar-refractivity contribution in [2.75, 3.05) is 11.9 Å². The molecular weight excluding hydrogens is 224 g/mol. The van der Waals surface area contributed by atoms with Crippen molar-refractivity contribution in [2.45, 2.75) is 27.2 Å². The molecule has 0 aliphatic heterocycles. The zero-order valence-electron chi connectivity index (χ0n) is 11.1. The van der Waals surface area contributed by atoms with Crippen LogP contribution in [0.1, 0.15) is 29.6 Å². The maximum atomic E-state index is 4.57. The van der Waals surface area contributed by atoms with E-state index in [2.05, 4.69) is 27.2 Å². The van der Waals surface area contributed by atoms with Gasteiger partial charge in [-0.15, -0.1) is 0 Å². The van der Waals surface area contributed by atoms with E-state index < -0.39 is 0 Å². The van der Waals surface area contributed by atoms with Gasteiger partial charge in [0, 0.05) is 36.6 Å². The summed E-state index contributed by atoms with van der Waals surface area (Å²) in [5.41, 5.74) is 3.27. The summed E-state index contributed by atoms with van der Waals surface area (Å²) in [5.74, 6) is 1.77. The van der Waals surface area contributed by atoms with Crippen molar-refractivity contribution >= 4 is 5.82 Å². The molecule has 0 amide bonds. The number of rotatable bonds is 4. The Morgan fingerprint density at radius 1 is 1.22 bits per heavy atom. The van der Waals surface area contributed by atoms with Gasteiger partial charge in [-0.1, -0.05) is 6.07 Å². The van der Waals surface area contributed by atoms with Crippen molar-refractivity contribution in [3.8, 4) is 0 Å². The Labute approximate surface area is 108 Å². The first kappa shape index (κ1) is 12.5. The highest BCUT2D eigenvalue weighted by molar-refractivity contribution is 5.45. The minimum atomic E-state index is 0.716. The maximum absolute atomic E-state index is 4.57. The van der Waals surface area contributed by atoms with Crippen molar-refractivity contribution in [3.63, 3.8) is 0 Å². The zero-order chi connectivity index (χ0) is 13.0. The molecule has 0 aromatic carbocycles. The molecule has 0 fully saturated rings. The number of nitrogens with zero attached hydrogens (tertiary/aromatic N) is 3. The first-order valence-corrected chi connectivity index (χ1v) is 6.17. The quantitative estimate of drug-likeness (QED) is 0.895. The van der Waals surface area contributed by atoms with Crippen LogP contribution in [0.3, 0.4) is 0 Å². The lowest BCUT2D eigenvalue weighted by Gasteiger charge is -2.11. The number of nitrogens with one attached hydrogen (secondary N) is 1. The first-order chi connectivity index (χ1) is 8.70. The summed E-state index contributed by atoms with van der Waals surface area (Å²) in [7, 11) is 0. The summed E-state index contributed by atoms with van der Waals surface area (Å²) >= 11 is 0. The fourth-order valence-electron chi connectivity index (χ4n) is 1.79. The second-order valence-electron chi connectivity index (χ2n) is 4.27. The minimum Gasteiger partial charge on any atom is -0.370 e. The molecule has 4 nitrogen and oxygen atoms in total. The molecule has 0 atom stereocenters. The molecular formula is C14H18N4. The fourth-order valence-corrected chi connectivity index (χ4v) is 1.79. The van der Waals surface area contributed by atoms with Gasteiger partial charge in [0.2, 0.25) is 0 Å². The van der Waals surface area contributed by atoms with Gasteiger partial charge in [-0.25, -0.2) is 9.97 Å². The molecule has 0 saturated heterocycles. The van der Waals surface area contributed by atoms with Gasteiger partial charge in [-0.2, -0.15) is 0 Å². The van der Waals surface area contributed by atoms with Gasteiger partial charge < -0.3 is 5.32 Å². The van der Waals surface area contributed by atoms with Crippen LogP contribution in [0.5, 0.6) is 0 Å². The molecule has 4 heteroatoms. The van der Waals surface area contributed by atoms with Crippen molar-refractivity contribution < 1.29 is 0 Å². The molecule has 0 bridgehead atoms. The van der Waals surface area contributed by atoms with Gasteiger partial charge in [0.15, 0.2) is 0 Å². The molecule has 18 heavy (non-hydrogen) atoms. The third-order valence-corrected chi connectivity index (χ3v) is 2.86. The van der Waals surface area contributed by atoms with Crippen LogP contribution in [0.25, 0.3) is 0 Å². The van der Waals surface area contributed by atoms with E-state index in [-0.39, 0.29) is 0 Å². The van der Waals surface area contributed by atoms with Crippen molar-refractivity contribution in [2.24, 2.45) is 0 Å². The van der Waals surface area contributed by atoms with Crippen LogP contribution in [0.4, 0.5) is 5.82 Å². The Hall–Kier alpha value is -1.97. The normalized spacial score (nSPS) is 10.4. The zero-order valence-corrected chi connectivity index (χ0v) is 11.1. The van der Waals surface area contributed by atoms with Crippen LogP contribution in [0, 0.1) is 13.8 Å². The van der Waals surface area contributed by atoms with E-state index in [1.165, 1.54) is 0 Å². The number of hydrogen-bond acceptors (Lipinski definition) is 4. The highest BCUT2D eigenvalue weighted by Gasteiger charge is 2.07. The third kappa shape index (κ3) is 2.83. The third-order valence-electron chi connectivity index (χ3n) is 2.86. The van der Waals surface area contributed by atoms with Gasteiger partial charge in [-0.3, -0.25) is 4.98 Å². The topological polar surface area (TPSA) is 50.7 Å². The van der Waals surface area contributed by atoms with E-state index in [4.69, 9.17) is 0 Å². The van der Waals surface area contributed by atoms with Crippen LogP contribution < -0.4 is 5.32 Å². The molecule has 0 spiro atoms. The predicted molar refractivity (Wildman–Crippen MR) is 72.7 cm³/mol. The van der Waals surface area contributed by atoms with Gasteiger partial charge in [-0.05, 0) is 32.4 Å². The van der Waals surface area contributed by atoms with E-state index in [9.17, 15) is 0 Å². The summed E-state index contributed by atoms with van der Waals surface area (Å²) in [4.78, 5) is 13.2. The molecule has 2 aromatic heterocycles. The molecule has 0 unspecified atom stereocenters. The number of pyridine rings is 1. The summed E-state index contributed by atoms with van der Waals surface area (Å²) in [5, 5.41) is 3.28. The lowest BCUT2D eigenvalue weighted by atomic mass is 10.2. The van der Waals surface area contributed by atoms with Crippen LogP contribution >= 0.6 is 0 Å². The molecule has 2 aromatic rings. The van der Waals surface area contributed by atoms with Crippen molar-refractivity contribution in [1.29, 1.82) is 0 Å². The number of anilines is 1. The molecule has 1 N–H and O–H groups in total. The van der Waals surface area contributed by atoms with E-state index >= 15 is 0 Å². The predicted octanol–water partition coefficient (Wildman–Crippen LogP) is 2.51. The molecule has 0 aliphatic rings. The Morgan fingerprint density at radius 2 is 2.06 bits per heavy atom.